The fraction of sp³-hybridized carbons (Fsp3) is 0.692. The van der Waals surface area contributed by atoms with Gasteiger partial charge in [-0.1, -0.05) is 12.1 Å². The van der Waals surface area contributed by atoms with Crippen LogP contribution in [0.1, 0.15) is 19.1 Å². The highest BCUT2D eigenvalue weighted by Gasteiger charge is 2.19. The van der Waals surface area contributed by atoms with Crippen molar-refractivity contribution in [3.8, 4) is 0 Å². The third kappa shape index (κ3) is 3.96. The van der Waals surface area contributed by atoms with Crippen molar-refractivity contribution in [2.24, 2.45) is 0 Å². The molecule has 0 aromatic carbocycles. The number of nitrogens with one attached hydrogen (secondary N) is 1. The normalized spacial score (nSPS) is 16.6. The molecule has 6 heteroatoms. The summed E-state index contributed by atoms with van der Waals surface area (Å²) >= 11 is 0. The molecule has 1 aliphatic rings. The summed E-state index contributed by atoms with van der Waals surface area (Å²) in [4.78, 5) is 16.3. The van der Waals surface area contributed by atoms with Gasteiger partial charge in [-0.3, -0.25) is 4.79 Å². The van der Waals surface area contributed by atoms with E-state index in [9.17, 15) is 4.79 Å². The summed E-state index contributed by atoms with van der Waals surface area (Å²) in [5.74, 6) is 1.68. The van der Waals surface area contributed by atoms with Crippen LogP contribution in [-0.4, -0.2) is 60.1 Å². The molecule has 0 atom stereocenters. The number of hydrogen-bond acceptors (Lipinski definition) is 5. The highest BCUT2D eigenvalue weighted by Crippen LogP contribution is 2.08. The number of aromatic nitrogens is 1. The number of carbonyl (C=O) groups is 1. The van der Waals surface area contributed by atoms with Gasteiger partial charge < -0.3 is 19.6 Å². The Balaban J connectivity index is 1.67. The van der Waals surface area contributed by atoms with Gasteiger partial charge in [0.1, 0.15) is 5.76 Å². The highest BCUT2D eigenvalue weighted by atomic mass is 16.5. The van der Waals surface area contributed by atoms with Crippen molar-refractivity contribution >= 4 is 11.7 Å². The van der Waals surface area contributed by atoms with Crippen LogP contribution in [0.2, 0.25) is 0 Å². The molecule has 0 aliphatic carbocycles. The Morgan fingerprint density at radius 3 is 2.74 bits per heavy atom. The Bertz CT molecular complexity index is 411. The first kappa shape index (κ1) is 13.9. The van der Waals surface area contributed by atoms with E-state index in [0.717, 1.165) is 38.5 Å². The smallest absolute Gasteiger partial charge is 0.224 e. The number of nitrogens with zero attached hydrogens (tertiary/aromatic N) is 3. The molecule has 106 valence electrons. The molecule has 1 aromatic rings. The molecule has 0 saturated carbocycles. The average molecular weight is 266 g/mol. The maximum absolute atomic E-state index is 12.0. The monoisotopic (exact) mass is 266 g/mol. The van der Waals surface area contributed by atoms with Gasteiger partial charge in [0.25, 0.3) is 0 Å². The molecule has 19 heavy (non-hydrogen) atoms. The number of hydrogen-bond donors (Lipinski definition) is 1. The van der Waals surface area contributed by atoms with Crippen LogP contribution in [0, 0.1) is 6.92 Å². The molecule has 1 aliphatic heterocycles. The third-order valence-electron chi connectivity index (χ3n) is 3.45. The third-order valence-corrected chi connectivity index (χ3v) is 3.45. The van der Waals surface area contributed by atoms with Gasteiger partial charge in [-0.2, -0.15) is 0 Å². The van der Waals surface area contributed by atoms with E-state index in [1.807, 2.05) is 17.9 Å². The molecule has 0 unspecified atom stereocenters. The molecule has 1 saturated heterocycles. The summed E-state index contributed by atoms with van der Waals surface area (Å²) in [7, 11) is 0. The summed E-state index contributed by atoms with van der Waals surface area (Å²) < 4.78 is 4.95. The van der Waals surface area contributed by atoms with Crippen LogP contribution in [0.25, 0.3) is 0 Å². The van der Waals surface area contributed by atoms with Crippen LogP contribution in [0.5, 0.6) is 0 Å². The van der Waals surface area contributed by atoms with Crippen molar-refractivity contribution in [3.05, 3.63) is 11.8 Å². The SMILES string of the molecule is CCN1CCN(C(=O)CCNc2cc(C)on2)CC1. The Kier molecular flexibility index (Phi) is 4.79. The van der Waals surface area contributed by atoms with E-state index in [1.54, 1.807) is 0 Å². The number of aryl methyl sites for hydroxylation is 1. The number of anilines is 1. The maximum Gasteiger partial charge on any atom is 0.224 e. The number of likely N-dealkylation sites (N-methyl/N-ethyl adjacent to an activating group) is 1. The van der Waals surface area contributed by atoms with Crippen molar-refractivity contribution < 1.29 is 9.32 Å². The van der Waals surface area contributed by atoms with Crippen LogP contribution in [0.4, 0.5) is 5.82 Å². The van der Waals surface area contributed by atoms with Gasteiger partial charge in [0.15, 0.2) is 5.82 Å². The van der Waals surface area contributed by atoms with Crippen LogP contribution >= 0.6 is 0 Å². The summed E-state index contributed by atoms with van der Waals surface area (Å²) in [5, 5.41) is 6.92. The van der Waals surface area contributed by atoms with Crippen LogP contribution in [0.3, 0.4) is 0 Å². The van der Waals surface area contributed by atoms with E-state index in [0.29, 0.717) is 18.8 Å². The molecule has 1 fully saturated rings. The first-order valence-electron chi connectivity index (χ1n) is 6.86. The zero-order valence-corrected chi connectivity index (χ0v) is 11.7. The van der Waals surface area contributed by atoms with Crippen LogP contribution < -0.4 is 5.32 Å². The molecule has 0 bridgehead atoms. The summed E-state index contributed by atoms with van der Waals surface area (Å²) in [6.45, 7) is 9.31. The van der Waals surface area contributed by atoms with Crippen molar-refractivity contribution in [3.63, 3.8) is 0 Å². The standard InChI is InChI=1S/C13H22N4O2/c1-3-16-6-8-17(9-7-16)13(18)4-5-14-12-10-11(2)19-15-12/h10H,3-9H2,1-2H3,(H,14,15). The van der Waals surface area contributed by atoms with E-state index in [2.05, 4.69) is 22.3 Å². The van der Waals surface area contributed by atoms with Gasteiger partial charge in [-0.15, -0.1) is 0 Å². The minimum atomic E-state index is 0.212. The molecule has 0 spiro atoms. The molecule has 2 rings (SSSR count). The van der Waals surface area contributed by atoms with Crippen molar-refractivity contribution in [1.82, 2.24) is 15.0 Å². The predicted molar refractivity (Wildman–Crippen MR) is 73.0 cm³/mol. The summed E-state index contributed by atoms with van der Waals surface area (Å²) in [5.41, 5.74) is 0. The van der Waals surface area contributed by atoms with Gasteiger partial charge in [0.2, 0.25) is 5.91 Å². The zero-order valence-electron chi connectivity index (χ0n) is 11.7. The van der Waals surface area contributed by atoms with Crippen molar-refractivity contribution in [2.45, 2.75) is 20.3 Å². The summed E-state index contributed by atoms with van der Waals surface area (Å²) in [6, 6.07) is 1.82. The van der Waals surface area contributed by atoms with Gasteiger partial charge in [0, 0.05) is 45.2 Å². The minimum absolute atomic E-state index is 0.212. The molecular weight excluding hydrogens is 244 g/mol. The van der Waals surface area contributed by atoms with Gasteiger partial charge in [0.05, 0.1) is 0 Å². The maximum atomic E-state index is 12.0. The highest BCUT2D eigenvalue weighted by molar-refractivity contribution is 5.76. The second-order valence-electron chi connectivity index (χ2n) is 4.81. The predicted octanol–water partition coefficient (Wildman–Crippen LogP) is 0.949. The summed E-state index contributed by atoms with van der Waals surface area (Å²) in [6.07, 6.45) is 0.498. The molecule has 1 aromatic heterocycles. The lowest BCUT2D eigenvalue weighted by Gasteiger charge is -2.34. The molecule has 1 N–H and O–H groups in total. The topological polar surface area (TPSA) is 61.6 Å². The van der Waals surface area contributed by atoms with E-state index >= 15 is 0 Å². The Labute approximate surface area is 113 Å². The molecule has 1 amide bonds. The lowest BCUT2D eigenvalue weighted by Crippen LogP contribution is -2.48. The first-order chi connectivity index (χ1) is 9.19. The van der Waals surface area contributed by atoms with E-state index in [-0.39, 0.29) is 5.91 Å². The van der Waals surface area contributed by atoms with Crippen LogP contribution in [-0.2, 0) is 4.79 Å². The number of piperazine rings is 1. The van der Waals surface area contributed by atoms with Gasteiger partial charge in [-0.25, -0.2) is 0 Å². The molecule has 0 radical (unpaired) electrons. The lowest BCUT2D eigenvalue weighted by molar-refractivity contribution is -0.132. The number of carbonyl (C=O) groups excluding carboxylic acids is 1. The Morgan fingerprint density at radius 2 is 2.16 bits per heavy atom. The fourth-order valence-corrected chi connectivity index (χ4v) is 2.22. The van der Waals surface area contributed by atoms with Gasteiger partial charge in [-0.05, 0) is 13.5 Å². The molecular formula is C13H22N4O2. The lowest BCUT2D eigenvalue weighted by atomic mass is 10.2. The van der Waals surface area contributed by atoms with E-state index in [1.165, 1.54) is 0 Å². The molecule has 6 nitrogen and oxygen atoms in total. The van der Waals surface area contributed by atoms with E-state index in [4.69, 9.17) is 4.52 Å². The average Bonchev–Trinajstić information content (AvgIpc) is 2.84. The second-order valence-corrected chi connectivity index (χ2v) is 4.81. The Hall–Kier alpha value is -1.56. The zero-order chi connectivity index (χ0) is 13.7. The quantitative estimate of drug-likeness (QED) is 0.859. The first-order valence-corrected chi connectivity index (χ1v) is 6.86. The molecule has 2 heterocycles. The largest absolute Gasteiger partial charge is 0.367 e. The Morgan fingerprint density at radius 1 is 1.42 bits per heavy atom. The minimum Gasteiger partial charge on any atom is -0.367 e. The van der Waals surface area contributed by atoms with Crippen LogP contribution in [0.15, 0.2) is 10.6 Å². The van der Waals surface area contributed by atoms with Crippen molar-refractivity contribution in [1.29, 1.82) is 0 Å². The van der Waals surface area contributed by atoms with E-state index < -0.39 is 0 Å². The second kappa shape index (κ2) is 6.56. The number of rotatable bonds is 5. The number of amides is 1. The van der Waals surface area contributed by atoms with Gasteiger partial charge >= 0.3 is 0 Å². The fourth-order valence-electron chi connectivity index (χ4n) is 2.22. The van der Waals surface area contributed by atoms with Crippen molar-refractivity contribution in [2.75, 3.05) is 44.6 Å².